The number of halogens is 1. The zero-order valence-electron chi connectivity index (χ0n) is 15.8. The topological polar surface area (TPSA) is 75.6 Å². The summed E-state index contributed by atoms with van der Waals surface area (Å²) >= 11 is 6.15. The molecule has 0 atom stereocenters. The summed E-state index contributed by atoms with van der Waals surface area (Å²) in [5.74, 6) is -0.697. The summed E-state index contributed by atoms with van der Waals surface area (Å²) in [5.41, 5.74) is 3.06. The molecule has 5 nitrogen and oxygen atoms in total. The summed E-state index contributed by atoms with van der Waals surface area (Å²) in [5, 5.41) is 12.5. The molecule has 1 amide bonds. The molecule has 0 aliphatic heterocycles. The lowest BCUT2D eigenvalue weighted by molar-refractivity contribution is 0.0696. The van der Waals surface area contributed by atoms with E-state index in [1.165, 1.54) is 6.07 Å². The average molecular weight is 410 g/mol. The van der Waals surface area contributed by atoms with Crippen molar-refractivity contribution in [1.82, 2.24) is 5.32 Å². The molecule has 6 heteroatoms. The maximum atomic E-state index is 12.6. The molecule has 3 aromatic carbocycles. The van der Waals surface area contributed by atoms with Crippen molar-refractivity contribution in [3.05, 3.63) is 99.6 Å². The second kappa shape index (κ2) is 9.26. The Kier molecular flexibility index (Phi) is 6.52. The van der Waals surface area contributed by atoms with Crippen molar-refractivity contribution in [3.8, 4) is 5.75 Å². The molecule has 0 unspecified atom stereocenters. The van der Waals surface area contributed by atoms with Crippen LogP contribution in [0.2, 0.25) is 5.02 Å². The van der Waals surface area contributed by atoms with Crippen LogP contribution in [0.25, 0.3) is 0 Å². The van der Waals surface area contributed by atoms with Crippen LogP contribution < -0.4 is 10.1 Å². The fraction of sp³-hybridized carbons (Fsp3) is 0.130. The number of rotatable bonds is 7. The van der Waals surface area contributed by atoms with E-state index in [0.717, 1.165) is 11.1 Å². The van der Waals surface area contributed by atoms with Gasteiger partial charge in [-0.05, 0) is 48.4 Å². The maximum absolute atomic E-state index is 12.6. The number of hydrogen-bond acceptors (Lipinski definition) is 3. The molecular weight excluding hydrogens is 390 g/mol. The molecular formula is C23H20ClNO4. The Balaban J connectivity index is 1.67. The molecule has 148 valence electrons. The second-order valence-electron chi connectivity index (χ2n) is 6.55. The van der Waals surface area contributed by atoms with Crippen molar-refractivity contribution in [2.24, 2.45) is 0 Å². The number of benzene rings is 3. The van der Waals surface area contributed by atoms with Crippen molar-refractivity contribution < 1.29 is 19.4 Å². The molecule has 3 rings (SSSR count). The molecule has 0 spiro atoms. The van der Waals surface area contributed by atoms with Crippen molar-refractivity contribution in [2.45, 2.75) is 20.1 Å². The number of ether oxygens (including phenoxy) is 1. The summed E-state index contributed by atoms with van der Waals surface area (Å²) in [7, 11) is 0. The number of carboxylic acids is 1. The molecule has 0 aromatic heterocycles. The van der Waals surface area contributed by atoms with Crippen LogP contribution in [0.15, 0.2) is 66.7 Å². The Morgan fingerprint density at radius 3 is 2.59 bits per heavy atom. The molecule has 0 aliphatic rings. The number of carbonyl (C=O) groups excluding carboxylic acids is 1. The van der Waals surface area contributed by atoms with Crippen molar-refractivity contribution in [1.29, 1.82) is 0 Å². The van der Waals surface area contributed by atoms with E-state index in [-0.39, 0.29) is 18.0 Å². The molecule has 0 saturated carbocycles. The van der Waals surface area contributed by atoms with Gasteiger partial charge in [0.1, 0.15) is 12.4 Å². The van der Waals surface area contributed by atoms with Gasteiger partial charge >= 0.3 is 5.97 Å². The Hall–Kier alpha value is -3.31. The molecule has 0 heterocycles. The first kappa shape index (κ1) is 20.4. The largest absolute Gasteiger partial charge is 0.489 e. The zero-order valence-corrected chi connectivity index (χ0v) is 16.6. The fourth-order valence-corrected chi connectivity index (χ4v) is 2.99. The van der Waals surface area contributed by atoms with Crippen LogP contribution in [-0.2, 0) is 13.2 Å². The van der Waals surface area contributed by atoms with Gasteiger partial charge in [-0.3, -0.25) is 4.79 Å². The van der Waals surface area contributed by atoms with Crippen LogP contribution in [0.5, 0.6) is 5.75 Å². The highest BCUT2D eigenvalue weighted by molar-refractivity contribution is 6.31. The Morgan fingerprint density at radius 1 is 1.03 bits per heavy atom. The first-order valence-corrected chi connectivity index (χ1v) is 9.39. The SMILES string of the molecule is Cc1ccc(OCc2ccccc2Cl)cc1C(=O)NCc1cccc(C(=O)O)c1. The van der Waals surface area contributed by atoms with E-state index < -0.39 is 5.97 Å². The smallest absolute Gasteiger partial charge is 0.335 e. The Bertz CT molecular complexity index is 1050. The standard InChI is InChI=1S/C23H20ClNO4/c1-15-9-10-19(29-14-18-6-2-3-8-21(18)24)12-20(15)22(26)25-13-16-5-4-7-17(11-16)23(27)28/h2-12H,13-14H2,1H3,(H,25,26)(H,27,28). The third kappa shape index (κ3) is 5.36. The van der Waals surface area contributed by atoms with E-state index >= 15 is 0 Å². The highest BCUT2D eigenvalue weighted by Crippen LogP contribution is 2.21. The first-order chi connectivity index (χ1) is 13.9. The average Bonchev–Trinajstić information content (AvgIpc) is 2.72. The van der Waals surface area contributed by atoms with Crippen LogP contribution in [0.1, 0.15) is 37.4 Å². The molecule has 0 fully saturated rings. The molecule has 2 N–H and O–H groups in total. The molecule has 29 heavy (non-hydrogen) atoms. The lowest BCUT2D eigenvalue weighted by Gasteiger charge is -2.12. The van der Waals surface area contributed by atoms with Gasteiger partial charge in [-0.15, -0.1) is 0 Å². The summed E-state index contributed by atoms with van der Waals surface area (Å²) in [4.78, 5) is 23.7. The molecule has 0 aliphatic carbocycles. The van der Waals surface area contributed by atoms with E-state index in [2.05, 4.69) is 5.32 Å². The monoisotopic (exact) mass is 409 g/mol. The van der Waals surface area contributed by atoms with Gasteiger partial charge in [-0.2, -0.15) is 0 Å². The fourth-order valence-electron chi connectivity index (χ4n) is 2.80. The summed E-state index contributed by atoms with van der Waals surface area (Å²) in [6, 6.07) is 19.2. The zero-order chi connectivity index (χ0) is 20.8. The van der Waals surface area contributed by atoms with E-state index in [1.54, 1.807) is 36.4 Å². The van der Waals surface area contributed by atoms with Crippen LogP contribution >= 0.6 is 11.6 Å². The number of carboxylic acid groups (broad SMARTS) is 1. The third-order valence-corrected chi connectivity index (χ3v) is 4.80. The Morgan fingerprint density at radius 2 is 1.83 bits per heavy atom. The number of hydrogen-bond donors (Lipinski definition) is 2. The third-order valence-electron chi connectivity index (χ3n) is 4.43. The van der Waals surface area contributed by atoms with E-state index in [0.29, 0.717) is 28.5 Å². The van der Waals surface area contributed by atoms with Gasteiger partial charge in [0.15, 0.2) is 0 Å². The molecule has 0 saturated heterocycles. The van der Waals surface area contributed by atoms with Gasteiger partial charge < -0.3 is 15.2 Å². The summed E-state index contributed by atoms with van der Waals surface area (Å²) < 4.78 is 5.79. The van der Waals surface area contributed by atoms with Gasteiger partial charge in [0, 0.05) is 22.7 Å². The Labute approximate surface area is 173 Å². The van der Waals surface area contributed by atoms with Crippen molar-refractivity contribution in [2.75, 3.05) is 0 Å². The molecule has 0 radical (unpaired) electrons. The minimum Gasteiger partial charge on any atom is -0.489 e. The van der Waals surface area contributed by atoms with E-state index in [4.69, 9.17) is 21.4 Å². The minimum atomic E-state index is -1.00. The lowest BCUT2D eigenvalue weighted by Crippen LogP contribution is -2.23. The highest BCUT2D eigenvalue weighted by atomic mass is 35.5. The van der Waals surface area contributed by atoms with Crippen LogP contribution in [-0.4, -0.2) is 17.0 Å². The quantitative estimate of drug-likeness (QED) is 0.584. The highest BCUT2D eigenvalue weighted by Gasteiger charge is 2.12. The van der Waals surface area contributed by atoms with Gasteiger partial charge in [-0.1, -0.05) is 48.0 Å². The number of aromatic carboxylic acids is 1. The van der Waals surface area contributed by atoms with Gasteiger partial charge in [0.05, 0.1) is 5.56 Å². The second-order valence-corrected chi connectivity index (χ2v) is 6.95. The van der Waals surface area contributed by atoms with E-state index in [1.807, 2.05) is 31.2 Å². The molecule has 3 aromatic rings. The summed E-state index contributed by atoms with van der Waals surface area (Å²) in [6.45, 7) is 2.37. The number of aryl methyl sites for hydroxylation is 1. The molecule has 0 bridgehead atoms. The van der Waals surface area contributed by atoms with E-state index in [9.17, 15) is 9.59 Å². The lowest BCUT2D eigenvalue weighted by atomic mass is 10.1. The van der Waals surface area contributed by atoms with Gasteiger partial charge in [-0.25, -0.2) is 4.79 Å². The van der Waals surface area contributed by atoms with Crippen LogP contribution in [0.3, 0.4) is 0 Å². The normalized spacial score (nSPS) is 10.4. The number of nitrogens with one attached hydrogen (secondary N) is 1. The number of amides is 1. The summed E-state index contributed by atoms with van der Waals surface area (Å²) in [6.07, 6.45) is 0. The first-order valence-electron chi connectivity index (χ1n) is 9.01. The maximum Gasteiger partial charge on any atom is 0.335 e. The van der Waals surface area contributed by atoms with Gasteiger partial charge in [0.25, 0.3) is 5.91 Å². The van der Waals surface area contributed by atoms with Crippen LogP contribution in [0.4, 0.5) is 0 Å². The van der Waals surface area contributed by atoms with Crippen LogP contribution in [0, 0.1) is 6.92 Å². The van der Waals surface area contributed by atoms with Crippen molar-refractivity contribution >= 4 is 23.5 Å². The predicted molar refractivity (Wildman–Crippen MR) is 112 cm³/mol. The van der Waals surface area contributed by atoms with Gasteiger partial charge in [0.2, 0.25) is 0 Å². The predicted octanol–water partition coefficient (Wildman–Crippen LogP) is 4.86. The van der Waals surface area contributed by atoms with Crippen molar-refractivity contribution in [3.63, 3.8) is 0 Å². The minimum absolute atomic E-state index is 0.183. The number of carbonyl (C=O) groups is 2.